The number of aromatic nitrogens is 1. The molecule has 0 saturated heterocycles. The lowest BCUT2D eigenvalue weighted by molar-refractivity contribution is -0.152. The Labute approximate surface area is 116 Å². The molecule has 0 fully saturated rings. The summed E-state index contributed by atoms with van der Waals surface area (Å²) in [5, 5.41) is 12.7. The highest BCUT2D eigenvalue weighted by Gasteiger charge is 2.39. The average Bonchev–Trinajstić information content (AvgIpc) is 2.45. The van der Waals surface area contributed by atoms with Crippen molar-refractivity contribution in [2.75, 3.05) is 5.32 Å². The Kier molecular flexibility index (Phi) is 3.70. The average molecular weight is 272 g/mol. The Morgan fingerprint density at radius 3 is 2.70 bits per heavy atom. The van der Waals surface area contributed by atoms with Gasteiger partial charge in [-0.25, -0.2) is 0 Å². The van der Waals surface area contributed by atoms with E-state index >= 15 is 0 Å². The second kappa shape index (κ2) is 5.28. The van der Waals surface area contributed by atoms with Crippen molar-refractivity contribution in [2.45, 2.75) is 20.3 Å². The summed E-state index contributed by atoms with van der Waals surface area (Å²) in [6.45, 7) is 3.09. The van der Waals surface area contributed by atoms with Gasteiger partial charge in [-0.2, -0.15) is 0 Å². The molecule has 0 aliphatic carbocycles. The highest BCUT2D eigenvalue weighted by Crippen LogP contribution is 2.24. The number of nitrogens with one attached hydrogen (secondary N) is 1. The monoisotopic (exact) mass is 272 g/mol. The highest BCUT2D eigenvalue weighted by molar-refractivity contribution is 6.08. The van der Waals surface area contributed by atoms with Crippen molar-refractivity contribution in [2.24, 2.45) is 5.41 Å². The van der Waals surface area contributed by atoms with E-state index in [1.54, 1.807) is 13.0 Å². The number of carboxylic acids is 1. The molecule has 5 nitrogen and oxygen atoms in total. The van der Waals surface area contributed by atoms with Gasteiger partial charge in [-0.05, 0) is 25.5 Å². The molecule has 0 spiro atoms. The maximum atomic E-state index is 12.1. The molecule has 0 radical (unpaired) electrons. The molecule has 104 valence electrons. The standard InChI is InChI=1S/C15H16N2O3/c1-3-15(2,14(19)20)13(18)17-11-8-10-6-4-5-7-12(10)16-9-11/h4-9H,3H2,1-2H3,(H,17,18)(H,19,20). The maximum absolute atomic E-state index is 12.1. The quantitative estimate of drug-likeness (QED) is 0.839. The number of hydrogen-bond donors (Lipinski definition) is 2. The van der Waals surface area contributed by atoms with Gasteiger partial charge < -0.3 is 10.4 Å². The van der Waals surface area contributed by atoms with E-state index in [1.807, 2.05) is 24.3 Å². The number of amides is 1. The lowest BCUT2D eigenvalue weighted by Crippen LogP contribution is -2.40. The van der Waals surface area contributed by atoms with E-state index in [4.69, 9.17) is 0 Å². The summed E-state index contributed by atoms with van der Waals surface area (Å²) in [5.41, 5.74) is -0.123. The normalized spacial score (nSPS) is 13.7. The first kappa shape index (κ1) is 14.0. The van der Waals surface area contributed by atoms with Gasteiger partial charge in [0.05, 0.1) is 17.4 Å². The molecule has 2 N–H and O–H groups in total. The molecule has 0 saturated carbocycles. The fourth-order valence-corrected chi connectivity index (χ4v) is 1.82. The number of fused-ring (bicyclic) bond motifs is 1. The summed E-state index contributed by atoms with van der Waals surface area (Å²) < 4.78 is 0. The Balaban J connectivity index is 2.28. The van der Waals surface area contributed by atoms with Crippen molar-refractivity contribution in [1.82, 2.24) is 4.98 Å². The summed E-state index contributed by atoms with van der Waals surface area (Å²) in [5.74, 6) is -1.67. The van der Waals surface area contributed by atoms with Crippen LogP contribution in [0.3, 0.4) is 0 Å². The van der Waals surface area contributed by atoms with Crippen LogP contribution >= 0.6 is 0 Å². The number of hydrogen-bond acceptors (Lipinski definition) is 3. The van der Waals surface area contributed by atoms with Crippen molar-refractivity contribution >= 4 is 28.5 Å². The first-order valence-electron chi connectivity index (χ1n) is 6.37. The third-order valence-electron chi connectivity index (χ3n) is 3.53. The van der Waals surface area contributed by atoms with Gasteiger partial charge in [-0.15, -0.1) is 0 Å². The number of carboxylic acid groups (broad SMARTS) is 1. The molecule has 1 aromatic heterocycles. The number of aliphatic carboxylic acids is 1. The van der Waals surface area contributed by atoms with E-state index in [1.165, 1.54) is 13.1 Å². The Hall–Kier alpha value is -2.43. The molecular weight excluding hydrogens is 256 g/mol. The number of pyridine rings is 1. The second-order valence-corrected chi connectivity index (χ2v) is 4.86. The second-order valence-electron chi connectivity index (χ2n) is 4.86. The summed E-state index contributed by atoms with van der Waals surface area (Å²) >= 11 is 0. The summed E-state index contributed by atoms with van der Waals surface area (Å²) in [7, 11) is 0. The zero-order valence-electron chi connectivity index (χ0n) is 11.4. The molecule has 1 heterocycles. The molecule has 5 heteroatoms. The van der Waals surface area contributed by atoms with Crippen LogP contribution in [0.1, 0.15) is 20.3 Å². The van der Waals surface area contributed by atoms with Crippen LogP contribution in [0.25, 0.3) is 10.9 Å². The van der Waals surface area contributed by atoms with Crippen LogP contribution in [0.15, 0.2) is 36.5 Å². The van der Waals surface area contributed by atoms with E-state index in [2.05, 4.69) is 10.3 Å². The number of carbonyl (C=O) groups excluding carboxylic acids is 1. The molecule has 2 aromatic rings. The number of rotatable bonds is 4. The summed E-state index contributed by atoms with van der Waals surface area (Å²) in [6.07, 6.45) is 1.74. The van der Waals surface area contributed by atoms with E-state index in [0.29, 0.717) is 5.69 Å². The van der Waals surface area contributed by atoms with Gasteiger partial charge in [0.1, 0.15) is 5.41 Å². The largest absolute Gasteiger partial charge is 0.480 e. The molecule has 0 aliphatic heterocycles. The lowest BCUT2D eigenvalue weighted by atomic mass is 9.86. The maximum Gasteiger partial charge on any atom is 0.318 e. The molecular formula is C15H16N2O3. The topological polar surface area (TPSA) is 79.3 Å². The molecule has 1 aromatic carbocycles. The van der Waals surface area contributed by atoms with E-state index < -0.39 is 17.3 Å². The number of nitrogens with zero attached hydrogens (tertiary/aromatic N) is 1. The Morgan fingerprint density at radius 1 is 1.35 bits per heavy atom. The fourth-order valence-electron chi connectivity index (χ4n) is 1.82. The van der Waals surface area contributed by atoms with Gasteiger partial charge in [-0.1, -0.05) is 25.1 Å². The Morgan fingerprint density at radius 2 is 2.05 bits per heavy atom. The van der Waals surface area contributed by atoms with Gasteiger partial charge in [-0.3, -0.25) is 14.6 Å². The van der Waals surface area contributed by atoms with E-state index in [9.17, 15) is 14.7 Å². The molecule has 1 amide bonds. The van der Waals surface area contributed by atoms with Crippen LogP contribution in [0.5, 0.6) is 0 Å². The molecule has 1 unspecified atom stereocenters. The van der Waals surface area contributed by atoms with Crippen LogP contribution in [-0.4, -0.2) is 22.0 Å². The Bertz CT molecular complexity index is 669. The molecule has 2 rings (SSSR count). The predicted molar refractivity (Wildman–Crippen MR) is 76.4 cm³/mol. The predicted octanol–water partition coefficient (Wildman–Crippen LogP) is 2.67. The highest BCUT2D eigenvalue weighted by atomic mass is 16.4. The molecule has 0 aliphatic rings. The minimum atomic E-state index is -1.44. The number of anilines is 1. The smallest absolute Gasteiger partial charge is 0.318 e. The zero-order valence-corrected chi connectivity index (χ0v) is 11.4. The molecule has 0 bridgehead atoms. The first-order chi connectivity index (χ1) is 9.47. The van der Waals surface area contributed by atoms with E-state index in [0.717, 1.165) is 10.9 Å². The van der Waals surface area contributed by atoms with Crippen LogP contribution in [0.4, 0.5) is 5.69 Å². The first-order valence-corrected chi connectivity index (χ1v) is 6.37. The summed E-state index contributed by atoms with van der Waals surface area (Å²) in [4.78, 5) is 27.6. The number of benzene rings is 1. The third kappa shape index (κ3) is 2.47. The minimum Gasteiger partial charge on any atom is -0.480 e. The van der Waals surface area contributed by atoms with Crippen molar-refractivity contribution in [1.29, 1.82) is 0 Å². The number of para-hydroxylation sites is 1. The van der Waals surface area contributed by atoms with Crippen LogP contribution in [0, 0.1) is 5.41 Å². The fraction of sp³-hybridized carbons (Fsp3) is 0.267. The minimum absolute atomic E-state index is 0.217. The van der Waals surface area contributed by atoms with Crippen LogP contribution in [-0.2, 0) is 9.59 Å². The van der Waals surface area contributed by atoms with Crippen molar-refractivity contribution in [3.63, 3.8) is 0 Å². The van der Waals surface area contributed by atoms with E-state index in [-0.39, 0.29) is 6.42 Å². The van der Waals surface area contributed by atoms with Gasteiger partial charge >= 0.3 is 5.97 Å². The van der Waals surface area contributed by atoms with Crippen molar-refractivity contribution < 1.29 is 14.7 Å². The SMILES string of the molecule is CCC(C)(C(=O)O)C(=O)Nc1cnc2ccccc2c1. The van der Waals surface area contributed by atoms with Crippen LogP contribution < -0.4 is 5.32 Å². The molecule has 1 atom stereocenters. The van der Waals surface area contributed by atoms with Gasteiger partial charge in [0.2, 0.25) is 5.91 Å². The van der Waals surface area contributed by atoms with Gasteiger partial charge in [0, 0.05) is 5.39 Å². The van der Waals surface area contributed by atoms with Gasteiger partial charge in [0.25, 0.3) is 0 Å². The number of carbonyl (C=O) groups is 2. The van der Waals surface area contributed by atoms with Crippen molar-refractivity contribution in [3.8, 4) is 0 Å². The summed E-state index contributed by atoms with van der Waals surface area (Å²) in [6, 6.07) is 9.29. The lowest BCUT2D eigenvalue weighted by Gasteiger charge is -2.21. The molecule has 20 heavy (non-hydrogen) atoms. The third-order valence-corrected chi connectivity index (χ3v) is 3.53. The van der Waals surface area contributed by atoms with Gasteiger partial charge in [0.15, 0.2) is 0 Å². The zero-order chi connectivity index (χ0) is 14.8. The van der Waals surface area contributed by atoms with Crippen LogP contribution in [0.2, 0.25) is 0 Å². The van der Waals surface area contributed by atoms with Crippen molar-refractivity contribution in [3.05, 3.63) is 36.5 Å².